The molecule has 2 rings (SSSR count). The van der Waals surface area contributed by atoms with Crippen molar-refractivity contribution in [1.82, 2.24) is 10.3 Å². The van der Waals surface area contributed by atoms with E-state index in [0.29, 0.717) is 19.1 Å². The lowest BCUT2D eigenvalue weighted by atomic mass is 10.1. The minimum atomic E-state index is -1.18. The molecule has 1 unspecified atom stereocenters. The second-order valence-corrected chi connectivity index (χ2v) is 4.27. The predicted molar refractivity (Wildman–Crippen MR) is 67.1 cm³/mol. The number of carboxylic acids is 1. The van der Waals surface area contributed by atoms with Gasteiger partial charge in [0.25, 0.3) is 0 Å². The van der Waals surface area contributed by atoms with Crippen molar-refractivity contribution in [2.45, 2.75) is 6.42 Å². The Kier molecular flexibility index (Phi) is 4.30. The van der Waals surface area contributed by atoms with Crippen LogP contribution in [0, 0.1) is 5.92 Å². The number of carbonyl (C=O) groups is 2. The number of nitrogens with one attached hydrogen (secondary N) is 2. The van der Waals surface area contributed by atoms with E-state index in [-0.39, 0.29) is 11.4 Å². The number of rotatable bonds is 4. The van der Waals surface area contributed by atoms with E-state index in [1.165, 1.54) is 12.3 Å². The molecule has 19 heavy (non-hydrogen) atoms. The molecule has 0 spiro atoms. The first-order valence-electron chi connectivity index (χ1n) is 5.97. The maximum atomic E-state index is 11.7. The number of aromatic nitrogens is 1. The summed E-state index contributed by atoms with van der Waals surface area (Å²) in [6.45, 7) is 1.88. The van der Waals surface area contributed by atoms with Gasteiger partial charge < -0.3 is 20.5 Å². The van der Waals surface area contributed by atoms with Gasteiger partial charge in [0.2, 0.25) is 0 Å². The minimum absolute atomic E-state index is 0.176. The molecule has 0 aromatic carbocycles. The molecule has 2 amide bonds. The molecule has 0 aliphatic carbocycles. The van der Waals surface area contributed by atoms with Crippen LogP contribution in [0.4, 0.5) is 10.5 Å². The van der Waals surface area contributed by atoms with Crippen LogP contribution in [0.5, 0.6) is 0 Å². The number of carbonyl (C=O) groups excluding carboxylic acids is 1. The van der Waals surface area contributed by atoms with Gasteiger partial charge in [-0.3, -0.25) is 0 Å². The fourth-order valence-corrected chi connectivity index (χ4v) is 1.82. The number of carboxylic acid groups (broad SMARTS) is 1. The van der Waals surface area contributed by atoms with Crippen LogP contribution in [0.25, 0.3) is 0 Å². The summed E-state index contributed by atoms with van der Waals surface area (Å²) in [6, 6.07) is 2.61. The van der Waals surface area contributed by atoms with Crippen molar-refractivity contribution in [3.63, 3.8) is 0 Å². The lowest BCUT2D eigenvalue weighted by molar-refractivity contribution is 0.0691. The minimum Gasteiger partial charge on any atom is -0.476 e. The second kappa shape index (κ2) is 6.14. The van der Waals surface area contributed by atoms with Crippen LogP contribution < -0.4 is 10.6 Å². The molecule has 1 saturated heterocycles. The Labute approximate surface area is 110 Å². The number of nitrogens with zero attached hydrogens (tertiary/aromatic N) is 1. The Morgan fingerprint density at radius 3 is 3.05 bits per heavy atom. The average molecular weight is 265 g/mol. The average Bonchev–Trinajstić information content (AvgIpc) is 2.90. The highest BCUT2D eigenvalue weighted by molar-refractivity contribution is 5.98. The number of aromatic carboxylic acids is 1. The molecule has 0 bridgehead atoms. The van der Waals surface area contributed by atoms with Crippen LogP contribution in [-0.2, 0) is 4.74 Å². The summed E-state index contributed by atoms with van der Waals surface area (Å²) in [5.74, 6) is -0.862. The Hall–Kier alpha value is -2.15. The third-order valence-electron chi connectivity index (χ3n) is 2.83. The topological polar surface area (TPSA) is 101 Å². The van der Waals surface area contributed by atoms with E-state index < -0.39 is 12.0 Å². The van der Waals surface area contributed by atoms with Gasteiger partial charge in [0.1, 0.15) is 0 Å². The molecule has 7 heteroatoms. The number of amides is 2. The molecular weight excluding hydrogens is 250 g/mol. The molecule has 1 aromatic rings. The summed E-state index contributed by atoms with van der Waals surface area (Å²) in [6.07, 6.45) is 2.29. The fourth-order valence-electron chi connectivity index (χ4n) is 1.82. The van der Waals surface area contributed by atoms with Gasteiger partial charge in [-0.2, -0.15) is 0 Å². The van der Waals surface area contributed by atoms with Crippen LogP contribution in [0.2, 0.25) is 0 Å². The normalized spacial score (nSPS) is 18.0. The van der Waals surface area contributed by atoms with Crippen molar-refractivity contribution in [2.24, 2.45) is 5.92 Å². The van der Waals surface area contributed by atoms with Gasteiger partial charge in [0, 0.05) is 25.3 Å². The van der Waals surface area contributed by atoms with E-state index in [0.717, 1.165) is 13.0 Å². The largest absolute Gasteiger partial charge is 0.476 e. The number of ether oxygens (including phenoxy) is 1. The second-order valence-electron chi connectivity index (χ2n) is 4.27. The Balaban J connectivity index is 1.89. The third kappa shape index (κ3) is 3.65. The highest BCUT2D eigenvalue weighted by Gasteiger charge is 2.17. The SMILES string of the molecule is O=C(NCC1CCOC1)Nc1cccnc1C(=O)O. The highest BCUT2D eigenvalue weighted by atomic mass is 16.5. The van der Waals surface area contributed by atoms with E-state index in [1.807, 2.05) is 0 Å². The molecule has 1 atom stereocenters. The van der Waals surface area contributed by atoms with Gasteiger partial charge in [-0.25, -0.2) is 14.6 Å². The molecule has 7 nitrogen and oxygen atoms in total. The van der Waals surface area contributed by atoms with Gasteiger partial charge in [0.15, 0.2) is 5.69 Å². The smallest absolute Gasteiger partial charge is 0.356 e. The highest BCUT2D eigenvalue weighted by Crippen LogP contribution is 2.13. The van der Waals surface area contributed by atoms with Crippen LogP contribution in [0.3, 0.4) is 0 Å². The zero-order chi connectivity index (χ0) is 13.7. The third-order valence-corrected chi connectivity index (χ3v) is 2.83. The summed E-state index contributed by atoms with van der Waals surface area (Å²) >= 11 is 0. The first-order valence-corrected chi connectivity index (χ1v) is 5.97. The molecule has 0 saturated carbocycles. The first-order chi connectivity index (χ1) is 9.16. The van der Waals surface area contributed by atoms with Crippen molar-refractivity contribution >= 4 is 17.7 Å². The molecular formula is C12H15N3O4. The Bertz CT molecular complexity index is 472. The molecule has 2 heterocycles. The number of anilines is 1. The maximum Gasteiger partial charge on any atom is 0.356 e. The van der Waals surface area contributed by atoms with E-state index in [9.17, 15) is 9.59 Å². The molecule has 102 valence electrons. The van der Waals surface area contributed by atoms with Gasteiger partial charge in [0.05, 0.1) is 12.3 Å². The molecule has 1 aliphatic rings. The van der Waals surface area contributed by atoms with E-state index in [1.54, 1.807) is 6.07 Å². The Morgan fingerprint density at radius 2 is 2.37 bits per heavy atom. The van der Waals surface area contributed by atoms with E-state index in [2.05, 4.69) is 15.6 Å². The lowest BCUT2D eigenvalue weighted by Crippen LogP contribution is -2.33. The van der Waals surface area contributed by atoms with E-state index in [4.69, 9.17) is 9.84 Å². The Morgan fingerprint density at radius 1 is 1.53 bits per heavy atom. The maximum absolute atomic E-state index is 11.7. The number of hydrogen-bond acceptors (Lipinski definition) is 4. The van der Waals surface area contributed by atoms with Crippen LogP contribution in [0.1, 0.15) is 16.9 Å². The molecule has 1 fully saturated rings. The number of pyridine rings is 1. The van der Waals surface area contributed by atoms with Crippen molar-refractivity contribution in [2.75, 3.05) is 25.1 Å². The fraction of sp³-hybridized carbons (Fsp3) is 0.417. The molecule has 1 aliphatic heterocycles. The summed E-state index contributed by atoms with van der Waals surface area (Å²) in [5.41, 5.74) is -0.00276. The summed E-state index contributed by atoms with van der Waals surface area (Å²) in [5, 5.41) is 14.1. The van der Waals surface area contributed by atoms with Crippen LogP contribution in [-0.4, -0.2) is 41.8 Å². The first kappa shape index (κ1) is 13.3. The zero-order valence-corrected chi connectivity index (χ0v) is 10.3. The summed E-state index contributed by atoms with van der Waals surface area (Å²) < 4.78 is 5.20. The molecule has 1 aromatic heterocycles. The lowest BCUT2D eigenvalue weighted by Gasteiger charge is -2.11. The van der Waals surface area contributed by atoms with Crippen molar-refractivity contribution in [3.8, 4) is 0 Å². The monoisotopic (exact) mass is 265 g/mol. The summed E-state index contributed by atoms with van der Waals surface area (Å²) in [7, 11) is 0. The van der Waals surface area contributed by atoms with Crippen LogP contribution >= 0.6 is 0 Å². The van der Waals surface area contributed by atoms with Gasteiger partial charge in [-0.15, -0.1) is 0 Å². The summed E-state index contributed by atoms with van der Waals surface area (Å²) in [4.78, 5) is 26.3. The molecule has 3 N–H and O–H groups in total. The van der Waals surface area contributed by atoms with E-state index >= 15 is 0 Å². The van der Waals surface area contributed by atoms with Crippen LogP contribution in [0.15, 0.2) is 18.3 Å². The standard InChI is InChI=1S/C12H15N3O4/c16-11(17)10-9(2-1-4-13-10)15-12(18)14-6-8-3-5-19-7-8/h1-2,4,8H,3,5-7H2,(H,16,17)(H2,14,15,18). The van der Waals surface area contributed by atoms with Crippen molar-refractivity contribution < 1.29 is 19.4 Å². The zero-order valence-electron chi connectivity index (χ0n) is 10.3. The quantitative estimate of drug-likeness (QED) is 0.752. The van der Waals surface area contributed by atoms with Gasteiger partial charge >= 0.3 is 12.0 Å². The number of urea groups is 1. The van der Waals surface area contributed by atoms with Crippen molar-refractivity contribution in [1.29, 1.82) is 0 Å². The van der Waals surface area contributed by atoms with Gasteiger partial charge in [-0.1, -0.05) is 0 Å². The predicted octanol–water partition coefficient (Wildman–Crippen LogP) is 0.938. The van der Waals surface area contributed by atoms with Crippen molar-refractivity contribution in [3.05, 3.63) is 24.0 Å². The number of hydrogen-bond donors (Lipinski definition) is 3. The van der Waals surface area contributed by atoms with Gasteiger partial charge in [-0.05, 0) is 18.6 Å². The molecule has 0 radical (unpaired) electrons.